The van der Waals surface area contributed by atoms with Gasteiger partial charge in [0.15, 0.2) is 0 Å². The zero-order valence-electron chi connectivity index (χ0n) is 10.8. The Hall–Kier alpha value is -2.15. The molecule has 1 aliphatic heterocycles. The fraction of sp³-hybridized carbons (Fsp3) is 0.385. The highest BCUT2D eigenvalue weighted by Gasteiger charge is 2.34. The summed E-state index contributed by atoms with van der Waals surface area (Å²) in [7, 11) is 0. The van der Waals surface area contributed by atoms with Crippen molar-refractivity contribution in [2.45, 2.75) is 12.6 Å². The van der Waals surface area contributed by atoms with Crippen LogP contribution in [0.4, 0.5) is 9.18 Å². The van der Waals surface area contributed by atoms with Crippen molar-refractivity contribution in [3.63, 3.8) is 0 Å². The maximum Gasteiger partial charge on any atom is 0.408 e. The third-order valence-corrected chi connectivity index (χ3v) is 2.73. The molecule has 1 unspecified atom stereocenters. The minimum atomic E-state index is -0.829. The van der Waals surface area contributed by atoms with Gasteiger partial charge >= 0.3 is 6.09 Å². The molecule has 1 fully saturated rings. The number of halogens is 1. The monoisotopic (exact) mass is 282 g/mol. The highest BCUT2D eigenvalue weighted by molar-refractivity contribution is 5.86. The second kappa shape index (κ2) is 6.85. The van der Waals surface area contributed by atoms with Crippen LogP contribution in [-0.4, -0.2) is 42.9 Å². The van der Waals surface area contributed by atoms with Crippen LogP contribution >= 0.6 is 0 Å². The quantitative estimate of drug-likeness (QED) is 0.875. The number of nitrogens with one attached hydrogen (secondary N) is 1. The Morgan fingerprint density at radius 3 is 2.90 bits per heavy atom. The molecule has 108 valence electrons. The lowest BCUT2D eigenvalue weighted by Gasteiger charge is -2.12. The molecule has 1 heterocycles. The number of amides is 2. The van der Waals surface area contributed by atoms with Gasteiger partial charge in [0.05, 0.1) is 6.54 Å². The van der Waals surface area contributed by atoms with Crippen LogP contribution in [0.1, 0.15) is 5.56 Å². The number of alkyl carbamates (subject to hydrolysis) is 1. The first-order chi connectivity index (χ1) is 9.70. The van der Waals surface area contributed by atoms with Gasteiger partial charge in [-0.1, -0.05) is 30.3 Å². The van der Waals surface area contributed by atoms with E-state index in [2.05, 4.69) is 5.32 Å². The van der Waals surface area contributed by atoms with Crippen LogP contribution in [0.5, 0.6) is 0 Å². The van der Waals surface area contributed by atoms with Crippen molar-refractivity contribution in [2.75, 3.05) is 19.8 Å². The lowest BCUT2D eigenvalue weighted by molar-refractivity contribution is -0.162. The summed E-state index contributed by atoms with van der Waals surface area (Å²) in [5, 5.41) is 3.29. The summed E-state index contributed by atoms with van der Waals surface area (Å²) in [4.78, 5) is 28.2. The minimum absolute atomic E-state index is 0.0146. The van der Waals surface area contributed by atoms with Gasteiger partial charge in [0.25, 0.3) is 5.91 Å². The third-order valence-electron chi connectivity index (χ3n) is 2.73. The summed E-state index contributed by atoms with van der Waals surface area (Å²) >= 11 is 0. The fourth-order valence-corrected chi connectivity index (χ4v) is 1.74. The average Bonchev–Trinajstić information content (AvgIpc) is 2.80. The molecule has 2 rings (SSSR count). The second-order valence-electron chi connectivity index (χ2n) is 4.18. The standard InChI is InChI=1S/C13H15FN2O4/c14-6-7-16-12(17)11(9-20-16)15-13(18)19-8-10-4-2-1-3-5-10/h1-5,11H,6-9H2,(H,15,18). The van der Waals surface area contributed by atoms with Crippen molar-refractivity contribution < 1.29 is 23.6 Å². The third kappa shape index (κ3) is 3.67. The van der Waals surface area contributed by atoms with Crippen molar-refractivity contribution in [3.8, 4) is 0 Å². The minimum Gasteiger partial charge on any atom is -0.445 e. The van der Waals surface area contributed by atoms with E-state index >= 15 is 0 Å². The Morgan fingerprint density at radius 1 is 1.45 bits per heavy atom. The maximum absolute atomic E-state index is 12.1. The molecule has 1 saturated heterocycles. The number of ether oxygens (including phenoxy) is 1. The molecule has 1 N–H and O–H groups in total. The Bertz CT molecular complexity index is 469. The number of alkyl halides is 1. The van der Waals surface area contributed by atoms with E-state index in [9.17, 15) is 14.0 Å². The predicted molar refractivity (Wildman–Crippen MR) is 67.2 cm³/mol. The van der Waals surface area contributed by atoms with E-state index in [4.69, 9.17) is 9.57 Å². The van der Waals surface area contributed by atoms with Gasteiger partial charge in [-0.15, -0.1) is 0 Å². The van der Waals surface area contributed by atoms with Crippen LogP contribution in [-0.2, 0) is 21.0 Å². The highest BCUT2D eigenvalue weighted by Crippen LogP contribution is 2.08. The number of hydroxylamine groups is 2. The van der Waals surface area contributed by atoms with Crippen molar-refractivity contribution >= 4 is 12.0 Å². The second-order valence-corrected chi connectivity index (χ2v) is 4.18. The van der Waals surface area contributed by atoms with Gasteiger partial charge < -0.3 is 10.1 Å². The largest absolute Gasteiger partial charge is 0.445 e. The van der Waals surface area contributed by atoms with Gasteiger partial charge in [0.2, 0.25) is 0 Å². The Morgan fingerprint density at radius 2 is 2.20 bits per heavy atom. The van der Waals surface area contributed by atoms with E-state index < -0.39 is 24.7 Å². The zero-order chi connectivity index (χ0) is 14.4. The van der Waals surface area contributed by atoms with Gasteiger partial charge in [0.1, 0.15) is 25.9 Å². The first-order valence-electron chi connectivity index (χ1n) is 6.18. The van der Waals surface area contributed by atoms with Crippen LogP contribution in [0, 0.1) is 0 Å². The van der Waals surface area contributed by atoms with Gasteiger partial charge in [0, 0.05) is 0 Å². The van der Waals surface area contributed by atoms with Crippen molar-refractivity contribution in [2.24, 2.45) is 0 Å². The number of carbonyl (C=O) groups is 2. The topological polar surface area (TPSA) is 67.9 Å². The fourth-order valence-electron chi connectivity index (χ4n) is 1.74. The summed E-state index contributed by atoms with van der Waals surface area (Å²) in [5.74, 6) is -0.473. The molecule has 1 aromatic rings. The molecule has 1 atom stereocenters. The summed E-state index contributed by atoms with van der Waals surface area (Å²) in [5.41, 5.74) is 0.843. The van der Waals surface area contributed by atoms with E-state index in [1.807, 2.05) is 30.3 Å². The van der Waals surface area contributed by atoms with Crippen LogP contribution in [0.3, 0.4) is 0 Å². The number of hydrogen-bond donors (Lipinski definition) is 1. The number of hydrogen-bond acceptors (Lipinski definition) is 4. The first-order valence-corrected chi connectivity index (χ1v) is 6.18. The first kappa shape index (κ1) is 14.3. The van der Waals surface area contributed by atoms with Gasteiger partial charge in [-0.3, -0.25) is 9.63 Å². The average molecular weight is 282 g/mol. The molecule has 0 aromatic heterocycles. The molecule has 0 spiro atoms. The molecule has 1 aliphatic rings. The number of benzene rings is 1. The summed E-state index contributed by atoms with van der Waals surface area (Å²) in [6, 6.07) is 8.34. The molecule has 20 heavy (non-hydrogen) atoms. The van der Waals surface area contributed by atoms with Crippen molar-refractivity contribution in [3.05, 3.63) is 35.9 Å². The molecule has 1 aromatic carbocycles. The zero-order valence-corrected chi connectivity index (χ0v) is 10.8. The van der Waals surface area contributed by atoms with E-state index in [0.717, 1.165) is 10.6 Å². The van der Waals surface area contributed by atoms with Crippen LogP contribution < -0.4 is 5.32 Å². The molecular formula is C13H15FN2O4. The molecule has 0 radical (unpaired) electrons. The molecule has 2 amide bonds. The molecule has 0 aliphatic carbocycles. The SMILES string of the molecule is O=C(NC1CON(CCF)C1=O)OCc1ccccc1. The summed E-state index contributed by atoms with van der Waals surface area (Å²) < 4.78 is 17.1. The predicted octanol–water partition coefficient (Wildman–Crippen LogP) is 1.02. The number of rotatable bonds is 5. The molecule has 6 nitrogen and oxygen atoms in total. The summed E-state index contributed by atoms with van der Waals surface area (Å²) in [6.45, 7) is -0.741. The molecule has 7 heteroatoms. The van der Waals surface area contributed by atoms with Crippen molar-refractivity contribution in [1.29, 1.82) is 0 Å². The van der Waals surface area contributed by atoms with Gasteiger partial charge in [-0.05, 0) is 5.56 Å². The normalized spacial score (nSPS) is 18.1. The molecular weight excluding hydrogens is 267 g/mol. The Balaban J connectivity index is 1.76. The Kier molecular flexibility index (Phi) is 4.89. The van der Waals surface area contributed by atoms with E-state index in [0.29, 0.717) is 0 Å². The molecule has 0 bridgehead atoms. The number of nitrogens with zero attached hydrogens (tertiary/aromatic N) is 1. The number of carbonyl (C=O) groups excluding carboxylic acids is 2. The van der Waals surface area contributed by atoms with Gasteiger partial charge in [-0.25, -0.2) is 14.2 Å². The smallest absolute Gasteiger partial charge is 0.408 e. The maximum atomic E-state index is 12.1. The van der Waals surface area contributed by atoms with E-state index in [1.54, 1.807) is 0 Å². The lowest BCUT2D eigenvalue weighted by atomic mass is 10.2. The van der Waals surface area contributed by atoms with E-state index in [-0.39, 0.29) is 19.8 Å². The van der Waals surface area contributed by atoms with Crippen molar-refractivity contribution in [1.82, 2.24) is 10.4 Å². The van der Waals surface area contributed by atoms with E-state index in [1.165, 1.54) is 0 Å². The van der Waals surface area contributed by atoms with Gasteiger partial charge in [-0.2, -0.15) is 0 Å². The van der Waals surface area contributed by atoms with Crippen LogP contribution in [0.15, 0.2) is 30.3 Å². The Labute approximate surface area is 115 Å². The molecule has 0 saturated carbocycles. The lowest BCUT2D eigenvalue weighted by Crippen LogP contribution is -2.43. The van der Waals surface area contributed by atoms with Crippen LogP contribution in [0.25, 0.3) is 0 Å². The summed E-state index contributed by atoms with van der Waals surface area (Å²) in [6.07, 6.45) is -0.710. The highest BCUT2D eigenvalue weighted by atomic mass is 19.1. The van der Waals surface area contributed by atoms with Crippen LogP contribution in [0.2, 0.25) is 0 Å².